The van der Waals surface area contributed by atoms with E-state index in [1.54, 1.807) is 0 Å². The Labute approximate surface area is 50.5 Å². The van der Waals surface area contributed by atoms with Crippen LogP contribution in [0.5, 0.6) is 0 Å². The summed E-state index contributed by atoms with van der Waals surface area (Å²) in [6, 6.07) is 0.187. The van der Waals surface area contributed by atoms with E-state index in [2.05, 4.69) is 0 Å². The lowest BCUT2D eigenvalue weighted by atomic mass is 10.1. The van der Waals surface area contributed by atoms with Gasteiger partial charge in [-0.15, -0.1) is 0 Å². The fourth-order valence-corrected chi connectivity index (χ4v) is 0.942. The molecule has 0 fully saturated rings. The van der Waals surface area contributed by atoms with Gasteiger partial charge in [0.1, 0.15) is 0 Å². The molecular formula is C6H12NO+. The molecule has 2 unspecified atom stereocenters. The monoisotopic (exact) mass is 114 g/mol. The lowest BCUT2D eigenvalue weighted by molar-refractivity contribution is 0.249. The Bertz CT molecular complexity index is 105. The largest absolute Gasteiger partial charge is 1.00 e. The summed E-state index contributed by atoms with van der Waals surface area (Å²) in [6.07, 6.45) is 4.84. The van der Waals surface area contributed by atoms with Crippen LogP contribution in [-0.4, -0.2) is 17.8 Å². The second-order valence-corrected chi connectivity index (χ2v) is 2.23. The Morgan fingerprint density at radius 3 is 2.75 bits per heavy atom. The smallest absolute Gasteiger partial charge is 0.396 e. The standard InChI is InChI=1S/C6H11NO/c7-6-2-1-5(3-6)4-8/h1-2,5-6,8H,3-4,7H2/p+1. The normalized spacial score (nSPS) is 36.2. The van der Waals surface area contributed by atoms with Crippen LogP contribution < -0.4 is 5.73 Å². The molecule has 0 spiro atoms. The Kier molecular flexibility index (Phi) is 1.65. The number of aliphatic hydroxyl groups is 1. The molecule has 1 rings (SSSR count). The minimum atomic E-state index is 0. The lowest BCUT2D eigenvalue weighted by Crippen LogP contribution is -2.15. The molecule has 0 saturated carbocycles. The Balaban J connectivity index is 0.000000640. The molecule has 0 aromatic rings. The molecule has 0 saturated heterocycles. The number of rotatable bonds is 1. The van der Waals surface area contributed by atoms with Gasteiger partial charge in [0.05, 0.1) is 0 Å². The third-order valence-corrected chi connectivity index (χ3v) is 1.44. The SMILES string of the molecule is NC1C=CC(CO)C1.[H+]. The van der Waals surface area contributed by atoms with Crippen LogP contribution in [0, 0.1) is 5.92 Å². The summed E-state index contributed by atoms with van der Waals surface area (Å²) in [5.41, 5.74) is 5.50. The summed E-state index contributed by atoms with van der Waals surface area (Å²) < 4.78 is 0. The zero-order valence-electron chi connectivity index (χ0n) is 5.75. The molecule has 0 aliphatic heterocycles. The molecule has 2 nitrogen and oxygen atoms in total. The van der Waals surface area contributed by atoms with E-state index in [0.717, 1.165) is 6.42 Å². The van der Waals surface area contributed by atoms with Crippen molar-refractivity contribution in [3.8, 4) is 0 Å². The maximum absolute atomic E-state index is 8.58. The average Bonchev–Trinajstić information content (AvgIpc) is 2.14. The maximum Gasteiger partial charge on any atom is 1.00 e. The van der Waals surface area contributed by atoms with Gasteiger partial charge >= 0.3 is 1.43 Å². The van der Waals surface area contributed by atoms with Crippen LogP contribution in [0.4, 0.5) is 0 Å². The molecule has 2 atom stereocenters. The van der Waals surface area contributed by atoms with E-state index < -0.39 is 0 Å². The van der Waals surface area contributed by atoms with E-state index in [1.807, 2.05) is 12.2 Å². The van der Waals surface area contributed by atoms with Crippen molar-refractivity contribution in [2.24, 2.45) is 11.7 Å². The van der Waals surface area contributed by atoms with E-state index in [9.17, 15) is 0 Å². The van der Waals surface area contributed by atoms with Crippen molar-refractivity contribution in [2.45, 2.75) is 12.5 Å². The van der Waals surface area contributed by atoms with E-state index >= 15 is 0 Å². The van der Waals surface area contributed by atoms with Crippen molar-refractivity contribution in [1.29, 1.82) is 0 Å². The fraction of sp³-hybridized carbons (Fsp3) is 0.667. The molecule has 0 bridgehead atoms. The summed E-state index contributed by atoms with van der Waals surface area (Å²) in [5, 5.41) is 8.58. The van der Waals surface area contributed by atoms with Gasteiger partial charge in [0.25, 0.3) is 0 Å². The molecule has 8 heavy (non-hydrogen) atoms. The highest BCUT2D eigenvalue weighted by Gasteiger charge is 2.13. The van der Waals surface area contributed by atoms with E-state index in [0.29, 0.717) is 5.92 Å². The fourth-order valence-electron chi connectivity index (χ4n) is 0.942. The van der Waals surface area contributed by atoms with Crippen LogP contribution in [0.2, 0.25) is 0 Å². The predicted octanol–water partition coefficient (Wildman–Crippen LogP) is -0.00540. The van der Waals surface area contributed by atoms with Crippen molar-refractivity contribution in [1.82, 2.24) is 0 Å². The van der Waals surface area contributed by atoms with Crippen LogP contribution >= 0.6 is 0 Å². The Hall–Kier alpha value is -0.340. The number of hydrogen-bond acceptors (Lipinski definition) is 2. The van der Waals surface area contributed by atoms with Crippen molar-refractivity contribution in [3.05, 3.63) is 12.2 Å². The zero-order chi connectivity index (χ0) is 5.98. The van der Waals surface area contributed by atoms with Gasteiger partial charge in [-0.25, -0.2) is 0 Å². The first kappa shape index (κ1) is 5.79. The number of nitrogens with two attached hydrogens (primary N) is 1. The molecule has 1 aliphatic rings. The van der Waals surface area contributed by atoms with Gasteiger partial charge in [0, 0.05) is 18.6 Å². The van der Waals surface area contributed by atoms with Crippen LogP contribution in [-0.2, 0) is 0 Å². The Morgan fingerprint density at radius 2 is 2.50 bits per heavy atom. The molecule has 0 aromatic carbocycles. The summed E-state index contributed by atoms with van der Waals surface area (Å²) in [6.45, 7) is 0.240. The van der Waals surface area contributed by atoms with Gasteiger partial charge in [-0.1, -0.05) is 12.2 Å². The molecule has 0 radical (unpaired) electrons. The van der Waals surface area contributed by atoms with Crippen LogP contribution in [0.1, 0.15) is 7.85 Å². The van der Waals surface area contributed by atoms with E-state index in [-0.39, 0.29) is 14.1 Å². The molecule has 3 N–H and O–H groups in total. The molecule has 1 aliphatic carbocycles. The topological polar surface area (TPSA) is 46.2 Å². The minimum absolute atomic E-state index is 0. The third kappa shape index (κ3) is 1.08. The first-order valence-corrected chi connectivity index (χ1v) is 2.87. The molecule has 0 aromatic heterocycles. The Morgan fingerprint density at radius 1 is 1.75 bits per heavy atom. The first-order chi connectivity index (χ1) is 3.83. The zero-order valence-corrected chi connectivity index (χ0v) is 4.75. The highest BCUT2D eigenvalue weighted by molar-refractivity contribution is 5.04. The van der Waals surface area contributed by atoms with Crippen molar-refractivity contribution in [2.75, 3.05) is 6.61 Å². The molecule has 0 heterocycles. The van der Waals surface area contributed by atoms with Gasteiger partial charge in [0.2, 0.25) is 0 Å². The second kappa shape index (κ2) is 2.29. The van der Waals surface area contributed by atoms with Crippen molar-refractivity contribution >= 4 is 0 Å². The van der Waals surface area contributed by atoms with Gasteiger partial charge in [-0.05, 0) is 6.42 Å². The third-order valence-electron chi connectivity index (χ3n) is 1.44. The van der Waals surface area contributed by atoms with Crippen LogP contribution in [0.15, 0.2) is 12.2 Å². The number of aliphatic hydroxyl groups excluding tert-OH is 1. The molecule has 46 valence electrons. The average molecular weight is 114 g/mol. The van der Waals surface area contributed by atoms with Gasteiger partial charge < -0.3 is 10.8 Å². The molecule has 0 amide bonds. The highest BCUT2D eigenvalue weighted by Crippen LogP contribution is 2.14. The first-order valence-electron chi connectivity index (χ1n) is 2.87. The van der Waals surface area contributed by atoms with Gasteiger partial charge in [0.15, 0.2) is 0 Å². The van der Waals surface area contributed by atoms with Crippen LogP contribution in [0.25, 0.3) is 0 Å². The van der Waals surface area contributed by atoms with Crippen LogP contribution in [0.3, 0.4) is 0 Å². The van der Waals surface area contributed by atoms with Crippen molar-refractivity contribution in [3.63, 3.8) is 0 Å². The number of hydrogen-bond donors (Lipinski definition) is 2. The summed E-state index contributed by atoms with van der Waals surface area (Å²) in [4.78, 5) is 0. The lowest BCUT2D eigenvalue weighted by Gasteiger charge is -2.02. The van der Waals surface area contributed by atoms with Gasteiger partial charge in [-0.2, -0.15) is 0 Å². The predicted molar refractivity (Wildman–Crippen MR) is 33.4 cm³/mol. The molecular weight excluding hydrogens is 102 g/mol. The highest BCUT2D eigenvalue weighted by atomic mass is 16.3. The minimum Gasteiger partial charge on any atom is -0.396 e. The van der Waals surface area contributed by atoms with E-state index in [4.69, 9.17) is 10.8 Å². The van der Waals surface area contributed by atoms with Gasteiger partial charge in [-0.3, -0.25) is 0 Å². The molecule has 2 heteroatoms. The van der Waals surface area contributed by atoms with Crippen molar-refractivity contribution < 1.29 is 6.53 Å². The summed E-state index contributed by atoms with van der Waals surface area (Å²) >= 11 is 0. The second-order valence-electron chi connectivity index (χ2n) is 2.23. The summed E-state index contributed by atoms with van der Waals surface area (Å²) in [7, 11) is 0. The quantitative estimate of drug-likeness (QED) is 0.471. The summed E-state index contributed by atoms with van der Waals surface area (Å²) in [5.74, 6) is 0.324. The van der Waals surface area contributed by atoms with E-state index in [1.165, 1.54) is 0 Å². The maximum atomic E-state index is 8.58.